The fraction of sp³-hybridized carbons (Fsp3) is 0.833. The average Bonchev–Trinajstić information content (AvgIpc) is 2.78. The van der Waals surface area contributed by atoms with Gasteiger partial charge in [0.15, 0.2) is 0 Å². The second kappa shape index (κ2) is 6.54. The van der Waals surface area contributed by atoms with Crippen molar-refractivity contribution >= 4 is 11.8 Å². The normalized spacial score (nSPS) is 23.2. The summed E-state index contributed by atoms with van der Waals surface area (Å²) in [5.74, 6) is 3.36. The molecule has 6 heteroatoms. The Morgan fingerprint density at radius 2 is 2.44 bits per heavy atom. The standard InChI is InChI=1S/C12H23N5S/c1-3-4-17-12(14-9-15-17)7-10(13)11-8-18-6-5-16(11)2/h9-11H,3-8,13H2,1-2H3. The lowest BCUT2D eigenvalue weighted by Gasteiger charge is -2.35. The van der Waals surface area contributed by atoms with Crippen molar-refractivity contribution in [3.05, 3.63) is 12.2 Å². The first-order chi connectivity index (χ1) is 8.72. The molecule has 0 saturated carbocycles. The van der Waals surface area contributed by atoms with Gasteiger partial charge in [-0.25, -0.2) is 4.98 Å². The zero-order valence-corrected chi connectivity index (χ0v) is 12.1. The Kier molecular flexibility index (Phi) is 5.03. The van der Waals surface area contributed by atoms with Crippen LogP contribution >= 0.6 is 11.8 Å². The number of nitrogens with two attached hydrogens (primary N) is 1. The molecule has 0 aliphatic carbocycles. The van der Waals surface area contributed by atoms with Crippen LogP contribution < -0.4 is 5.73 Å². The van der Waals surface area contributed by atoms with Gasteiger partial charge < -0.3 is 10.6 Å². The number of aromatic nitrogens is 3. The molecule has 2 unspecified atom stereocenters. The van der Waals surface area contributed by atoms with Gasteiger partial charge in [0.05, 0.1) is 0 Å². The molecule has 0 spiro atoms. The largest absolute Gasteiger partial charge is 0.326 e. The summed E-state index contributed by atoms with van der Waals surface area (Å²) in [5, 5.41) is 4.25. The van der Waals surface area contributed by atoms with Gasteiger partial charge in [0.2, 0.25) is 0 Å². The zero-order valence-electron chi connectivity index (χ0n) is 11.2. The minimum Gasteiger partial charge on any atom is -0.326 e. The zero-order chi connectivity index (χ0) is 13.0. The Morgan fingerprint density at radius 3 is 3.17 bits per heavy atom. The predicted octanol–water partition coefficient (Wildman–Crippen LogP) is 0.605. The third-order valence-corrected chi connectivity index (χ3v) is 4.54. The highest BCUT2D eigenvalue weighted by Gasteiger charge is 2.26. The van der Waals surface area contributed by atoms with E-state index in [2.05, 4.69) is 29.0 Å². The Hall–Kier alpha value is -0.590. The predicted molar refractivity (Wildman–Crippen MR) is 75.7 cm³/mol. The molecular formula is C12H23N5S. The van der Waals surface area contributed by atoms with E-state index in [0.29, 0.717) is 6.04 Å². The fourth-order valence-electron chi connectivity index (χ4n) is 2.35. The molecule has 0 bridgehead atoms. The number of thioether (sulfide) groups is 1. The van der Waals surface area contributed by atoms with Crippen molar-refractivity contribution in [3.8, 4) is 0 Å². The van der Waals surface area contributed by atoms with Crippen molar-refractivity contribution in [2.45, 2.75) is 38.4 Å². The molecule has 0 radical (unpaired) electrons. The van der Waals surface area contributed by atoms with Gasteiger partial charge >= 0.3 is 0 Å². The third kappa shape index (κ3) is 3.24. The summed E-state index contributed by atoms with van der Waals surface area (Å²) in [6, 6.07) is 0.595. The highest BCUT2D eigenvalue weighted by Crippen LogP contribution is 2.18. The van der Waals surface area contributed by atoms with Crippen LogP contribution in [0, 0.1) is 0 Å². The van der Waals surface area contributed by atoms with E-state index in [1.54, 1.807) is 6.33 Å². The molecule has 2 atom stereocenters. The molecule has 2 rings (SSSR count). The fourth-order valence-corrected chi connectivity index (χ4v) is 3.67. The summed E-state index contributed by atoms with van der Waals surface area (Å²) in [6.45, 7) is 4.21. The topological polar surface area (TPSA) is 60.0 Å². The van der Waals surface area contributed by atoms with Crippen LogP contribution in [-0.4, -0.2) is 56.8 Å². The summed E-state index contributed by atoms with van der Waals surface area (Å²) in [5.41, 5.74) is 6.36. The second-order valence-electron chi connectivity index (χ2n) is 4.89. The van der Waals surface area contributed by atoms with Crippen LogP contribution in [0.5, 0.6) is 0 Å². The van der Waals surface area contributed by atoms with E-state index in [1.165, 1.54) is 5.75 Å². The van der Waals surface area contributed by atoms with Crippen molar-refractivity contribution in [3.63, 3.8) is 0 Å². The van der Waals surface area contributed by atoms with Crippen molar-refractivity contribution < 1.29 is 0 Å². The maximum absolute atomic E-state index is 6.36. The maximum atomic E-state index is 6.36. The van der Waals surface area contributed by atoms with E-state index >= 15 is 0 Å². The smallest absolute Gasteiger partial charge is 0.138 e. The number of nitrogens with zero attached hydrogens (tertiary/aromatic N) is 4. The average molecular weight is 269 g/mol. The highest BCUT2D eigenvalue weighted by molar-refractivity contribution is 7.99. The van der Waals surface area contributed by atoms with Gasteiger partial charge in [0.1, 0.15) is 12.2 Å². The van der Waals surface area contributed by atoms with Crippen molar-refractivity contribution in [1.82, 2.24) is 19.7 Å². The van der Waals surface area contributed by atoms with Gasteiger partial charge in [-0.3, -0.25) is 4.68 Å². The monoisotopic (exact) mass is 269 g/mol. The lowest BCUT2D eigenvalue weighted by molar-refractivity contribution is 0.233. The molecule has 0 aromatic carbocycles. The third-order valence-electron chi connectivity index (χ3n) is 3.49. The number of hydrogen-bond acceptors (Lipinski definition) is 5. The first-order valence-corrected chi connectivity index (χ1v) is 7.78. The molecule has 1 saturated heterocycles. The molecule has 5 nitrogen and oxygen atoms in total. The summed E-state index contributed by atoms with van der Waals surface area (Å²) in [6.07, 6.45) is 3.53. The van der Waals surface area contributed by atoms with Crippen LogP contribution in [0.25, 0.3) is 0 Å². The molecule has 1 aromatic rings. The van der Waals surface area contributed by atoms with Crippen LogP contribution in [-0.2, 0) is 13.0 Å². The summed E-state index contributed by atoms with van der Waals surface area (Å²) in [4.78, 5) is 6.72. The van der Waals surface area contributed by atoms with Crippen molar-refractivity contribution in [2.75, 3.05) is 25.1 Å². The van der Waals surface area contributed by atoms with Gasteiger partial charge in [-0.1, -0.05) is 6.92 Å². The summed E-state index contributed by atoms with van der Waals surface area (Å²) >= 11 is 2.00. The molecule has 18 heavy (non-hydrogen) atoms. The first-order valence-electron chi connectivity index (χ1n) is 6.62. The minimum atomic E-state index is 0.141. The number of likely N-dealkylation sites (N-methyl/N-ethyl adjacent to an activating group) is 1. The van der Waals surface area contributed by atoms with E-state index in [4.69, 9.17) is 5.73 Å². The highest BCUT2D eigenvalue weighted by atomic mass is 32.2. The Labute approximate surface area is 113 Å². The van der Waals surface area contributed by atoms with Gasteiger partial charge in [0, 0.05) is 43.1 Å². The Bertz CT molecular complexity index is 367. The van der Waals surface area contributed by atoms with Crippen molar-refractivity contribution in [2.24, 2.45) is 5.73 Å². The Balaban J connectivity index is 1.97. The van der Waals surface area contributed by atoms with Crippen LogP contribution in [0.3, 0.4) is 0 Å². The first kappa shape index (κ1) is 13.8. The van der Waals surface area contributed by atoms with E-state index in [0.717, 1.165) is 37.5 Å². The second-order valence-corrected chi connectivity index (χ2v) is 6.04. The molecule has 102 valence electrons. The number of aryl methyl sites for hydroxylation is 1. The minimum absolute atomic E-state index is 0.141. The molecule has 2 N–H and O–H groups in total. The van der Waals surface area contributed by atoms with E-state index in [9.17, 15) is 0 Å². The van der Waals surface area contributed by atoms with Gasteiger partial charge in [0.25, 0.3) is 0 Å². The summed E-state index contributed by atoms with van der Waals surface area (Å²) < 4.78 is 1.98. The Morgan fingerprint density at radius 1 is 1.61 bits per heavy atom. The van der Waals surface area contributed by atoms with Crippen molar-refractivity contribution in [1.29, 1.82) is 0 Å². The lowest BCUT2D eigenvalue weighted by Crippen LogP contribution is -2.51. The number of rotatable bonds is 5. The SMILES string of the molecule is CCCn1ncnc1CC(N)C1CSCCN1C. The number of hydrogen-bond donors (Lipinski definition) is 1. The van der Waals surface area contributed by atoms with E-state index < -0.39 is 0 Å². The van der Waals surface area contributed by atoms with Crippen LogP contribution in [0.4, 0.5) is 0 Å². The van der Waals surface area contributed by atoms with Gasteiger partial charge in [-0.2, -0.15) is 16.9 Å². The van der Waals surface area contributed by atoms with Gasteiger partial charge in [-0.05, 0) is 13.5 Å². The molecule has 2 heterocycles. The van der Waals surface area contributed by atoms with E-state index in [1.807, 2.05) is 16.4 Å². The lowest BCUT2D eigenvalue weighted by atomic mass is 10.1. The maximum Gasteiger partial charge on any atom is 0.138 e. The quantitative estimate of drug-likeness (QED) is 0.848. The van der Waals surface area contributed by atoms with Gasteiger partial charge in [-0.15, -0.1) is 0 Å². The van der Waals surface area contributed by atoms with Crippen LogP contribution in [0.15, 0.2) is 6.33 Å². The molecule has 1 aromatic heterocycles. The van der Waals surface area contributed by atoms with Crippen LogP contribution in [0.2, 0.25) is 0 Å². The molecule has 0 amide bonds. The van der Waals surface area contributed by atoms with Crippen LogP contribution in [0.1, 0.15) is 19.2 Å². The molecular weight excluding hydrogens is 246 g/mol. The molecule has 1 aliphatic heterocycles. The molecule has 1 aliphatic rings. The molecule has 1 fully saturated rings. The van der Waals surface area contributed by atoms with E-state index in [-0.39, 0.29) is 6.04 Å². The summed E-state index contributed by atoms with van der Waals surface area (Å²) in [7, 11) is 2.17.